The number of methoxy groups -OCH3 is 2. The quantitative estimate of drug-likeness (QED) is 0.348. The molecule has 0 bridgehead atoms. The molecule has 3 rings (SSSR count). The average Bonchev–Trinajstić information content (AvgIpc) is 3.30. The SMILES string of the molecule is COCCCN1C(=O)C(=O)C(=C(O)c2cccc(OC)c2)C1c1ccco1. The summed E-state index contributed by atoms with van der Waals surface area (Å²) in [6.07, 6.45) is 2.02. The first-order valence-electron chi connectivity index (χ1n) is 8.53. The predicted molar refractivity (Wildman–Crippen MR) is 97.2 cm³/mol. The van der Waals surface area contributed by atoms with Crippen LogP contribution in [0.25, 0.3) is 5.76 Å². The number of hydrogen-bond acceptors (Lipinski definition) is 6. The highest BCUT2D eigenvalue weighted by Crippen LogP contribution is 2.39. The highest BCUT2D eigenvalue weighted by Gasteiger charge is 2.47. The zero-order chi connectivity index (χ0) is 19.4. The molecular formula is C20H21NO6. The van der Waals surface area contributed by atoms with Crippen LogP contribution in [0.15, 0.2) is 52.7 Å². The van der Waals surface area contributed by atoms with Crippen molar-refractivity contribution in [3.8, 4) is 5.75 Å². The van der Waals surface area contributed by atoms with Crippen molar-refractivity contribution in [1.29, 1.82) is 0 Å². The number of hydrogen-bond donors (Lipinski definition) is 1. The second kappa shape index (κ2) is 8.09. The van der Waals surface area contributed by atoms with Crippen LogP contribution in [-0.2, 0) is 14.3 Å². The lowest BCUT2D eigenvalue weighted by Crippen LogP contribution is -2.31. The number of carbonyl (C=O) groups is 2. The lowest BCUT2D eigenvalue weighted by atomic mass is 9.99. The number of furan rings is 1. The minimum absolute atomic E-state index is 0.000574. The third-order valence-electron chi connectivity index (χ3n) is 4.44. The highest BCUT2D eigenvalue weighted by molar-refractivity contribution is 6.46. The Hall–Kier alpha value is -3.06. The summed E-state index contributed by atoms with van der Waals surface area (Å²) in [7, 11) is 3.08. The normalized spacial score (nSPS) is 18.9. The summed E-state index contributed by atoms with van der Waals surface area (Å²) < 4.78 is 15.7. The van der Waals surface area contributed by atoms with Gasteiger partial charge in [0.15, 0.2) is 0 Å². The van der Waals surface area contributed by atoms with E-state index in [1.54, 1.807) is 43.5 Å². The minimum atomic E-state index is -0.789. The molecule has 1 amide bonds. The van der Waals surface area contributed by atoms with Crippen LogP contribution in [0.1, 0.15) is 23.8 Å². The Morgan fingerprint density at radius 1 is 1.22 bits per heavy atom. The number of carbonyl (C=O) groups excluding carboxylic acids is 2. The standard InChI is InChI=1S/C20H21NO6/c1-25-10-5-9-21-17(15-8-4-11-27-15)16(19(23)20(21)24)18(22)13-6-3-7-14(12-13)26-2/h3-4,6-8,11-12,17,22H,5,9-10H2,1-2H3. The smallest absolute Gasteiger partial charge is 0.295 e. The number of ether oxygens (including phenoxy) is 2. The van der Waals surface area contributed by atoms with E-state index < -0.39 is 17.7 Å². The van der Waals surface area contributed by atoms with E-state index >= 15 is 0 Å². The van der Waals surface area contributed by atoms with Gasteiger partial charge in [0.05, 0.1) is 18.9 Å². The number of Topliss-reactive ketones (excluding diaryl/α,β-unsaturated/α-hetero) is 1. The molecule has 0 radical (unpaired) electrons. The van der Waals surface area contributed by atoms with Crippen molar-refractivity contribution in [1.82, 2.24) is 4.90 Å². The molecule has 1 aliphatic rings. The lowest BCUT2D eigenvalue weighted by molar-refractivity contribution is -0.140. The summed E-state index contributed by atoms with van der Waals surface area (Å²) in [6.45, 7) is 0.752. The van der Waals surface area contributed by atoms with Gasteiger partial charge >= 0.3 is 0 Å². The van der Waals surface area contributed by atoms with Gasteiger partial charge in [0.1, 0.15) is 23.3 Å². The molecule has 1 N–H and O–H groups in total. The van der Waals surface area contributed by atoms with Crippen LogP contribution in [0.2, 0.25) is 0 Å². The van der Waals surface area contributed by atoms with E-state index in [0.29, 0.717) is 36.6 Å². The molecule has 1 aromatic heterocycles. The maximum Gasteiger partial charge on any atom is 0.295 e. The average molecular weight is 371 g/mol. The van der Waals surface area contributed by atoms with Crippen molar-refractivity contribution in [3.05, 3.63) is 59.6 Å². The molecule has 2 heterocycles. The molecular weight excluding hydrogens is 350 g/mol. The van der Waals surface area contributed by atoms with Crippen molar-refractivity contribution < 1.29 is 28.6 Å². The second-order valence-corrected chi connectivity index (χ2v) is 6.09. The number of nitrogens with zero attached hydrogens (tertiary/aromatic N) is 1. The topological polar surface area (TPSA) is 89.2 Å². The van der Waals surface area contributed by atoms with Crippen LogP contribution in [0, 0.1) is 0 Å². The zero-order valence-electron chi connectivity index (χ0n) is 15.2. The summed E-state index contributed by atoms with van der Waals surface area (Å²) in [5, 5.41) is 10.8. The van der Waals surface area contributed by atoms with Crippen molar-refractivity contribution in [2.75, 3.05) is 27.4 Å². The van der Waals surface area contributed by atoms with E-state index in [9.17, 15) is 14.7 Å². The van der Waals surface area contributed by atoms with Crippen LogP contribution in [-0.4, -0.2) is 49.1 Å². The summed E-state index contributed by atoms with van der Waals surface area (Å²) in [5.41, 5.74) is 0.390. The first-order valence-corrected chi connectivity index (χ1v) is 8.53. The molecule has 1 atom stereocenters. The maximum atomic E-state index is 12.7. The number of ketones is 1. The third kappa shape index (κ3) is 3.59. The van der Waals surface area contributed by atoms with Gasteiger partial charge in [0, 0.05) is 25.8 Å². The van der Waals surface area contributed by atoms with Crippen molar-refractivity contribution in [2.24, 2.45) is 0 Å². The van der Waals surface area contributed by atoms with Gasteiger partial charge in [-0.15, -0.1) is 0 Å². The van der Waals surface area contributed by atoms with Crippen molar-refractivity contribution >= 4 is 17.4 Å². The lowest BCUT2D eigenvalue weighted by Gasteiger charge is -2.23. The summed E-state index contributed by atoms with van der Waals surface area (Å²) in [4.78, 5) is 26.7. The van der Waals surface area contributed by atoms with Crippen LogP contribution < -0.4 is 4.74 Å². The van der Waals surface area contributed by atoms with Crippen LogP contribution in [0.4, 0.5) is 0 Å². The number of aliphatic hydroxyl groups is 1. The van der Waals surface area contributed by atoms with Crippen molar-refractivity contribution in [2.45, 2.75) is 12.5 Å². The zero-order valence-corrected chi connectivity index (χ0v) is 15.2. The molecule has 0 saturated carbocycles. The van der Waals surface area contributed by atoms with E-state index in [1.807, 2.05) is 0 Å². The number of likely N-dealkylation sites (tertiary alicyclic amines) is 1. The number of amides is 1. The van der Waals surface area contributed by atoms with Gasteiger partial charge in [-0.05, 0) is 30.7 Å². The Morgan fingerprint density at radius 3 is 2.70 bits per heavy atom. The van der Waals surface area contributed by atoms with E-state index in [0.717, 1.165) is 0 Å². The first-order chi connectivity index (χ1) is 13.1. The van der Waals surface area contributed by atoms with Gasteiger partial charge in [0.2, 0.25) is 0 Å². The number of aliphatic hydroxyl groups excluding tert-OH is 1. The van der Waals surface area contributed by atoms with Gasteiger partial charge in [-0.3, -0.25) is 9.59 Å². The Kier molecular flexibility index (Phi) is 5.61. The number of benzene rings is 1. The molecule has 7 nitrogen and oxygen atoms in total. The molecule has 1 unspecified atom stereocenters. The third-order valence-corrected chi connectivity index (χ3v) is 4.44. The molecule has 0 spiro atoms. The van der Waals surface area contributed by atoms with Gasteiger partial charge in [-0.2, -0.15) is 0 Å². The van der Waals surface area contributed by atoms with Gasteiger partial charge < -0.3 is 23.9 Å². The van der Waals surface area contributed by atoms with Crippen LogP contribution in [0.5, 0.6) is 5.75 Å². The van der Waals surface area contributed by atoms with Crippen molar-refractivity contribution in [3.63, 3.8) is 0 Å². The molecule has 27 heavy (non-hydrogen) atoms. The van der Waals surface area contributed by atoms with E-state index in [2.05, 4.69) is 0 Å². The molecule has 142 valence electrons. The van der Waals surface area contributed by atoms with E-state index in [-0.39, 0.29) is 11.3 Å². The fourth-order valence-corrected chi connectivity index (χ4v) is 3.16. The molecule has 1 fully saturated rings. The molecule has 1 aromatic carbocycles. The Labute approximate surface area is 156 Å². The molecule has 0 aliphatic carbocycles. The Balaban J connectivity index is 2.08. The second-order valence-electron chi connectivity index (χ2n) is 6.09. The predicted octanol–water partition coefficient (Wildman–Crippen LogP) is 2.75. The van der Waals surface area contributed by atoms with Crippen LogP contribution >= 0.6 is 0 Å². The first kappa shape index (κ1) is 18.7. The van der Waals surface area contributed by atoms with Gasteiger partial charge in [-0.25, -0.2) is 0 Å². The molecule has 1 saturated heterocycles. The van der Waals surface area contributed by atoms with Crippen LogP contribution in [0.3, 0.4) is 0 Å². The Bertz CT molecular complexity index is 855. The molecule has 1 aliphatic heterocycles. The highest BCUT2D eigenvalue weighted by atomic mass is 16.5. The summed E-state index contributed by atoms with van der Waals surface area (Å²) >= 11 is 0. The summed E-state index contributed by atoms with van der Waals surface area (Å²) in [6, 6.07) is 9.24. The van der Waals surface area contributed by atoms with E-state index in [1.165, 1.54) is 18.3 Å². The monoisotopic (exact) mass is 371 g/mol. The fraction of sp³-hybridized carbons (Fsp3) is 0.300. The molecule has 2 aromatic rings. The molecule has 7 heteroatoms. The summed E-state index contributed by atoms with van der Waals surface area (Å²) in [5.74, 6) is -0.729. The maximum absolute atomic E-state index is 12.7. The minimum Gasteiger partial charge on any atom is -0.507 e. The largest absolute Gasteiger partial charge is 0.507 e. The van der Waals surface area contributed by atoms with E-state index in [4.69, 9.17) is 13.9 Å². The fourth-order valence-electron chi connectivity index (χ4n) is 3.16. The van der Waals surface area contributed by atoms with Gasteiger partial charge in [0.25, 0.3) is 11.7 Å². The number of rotatable bonds is 7. The Morgan fingerprint density at radius 2 is 2.04 bits per heavy atom. The van der Waals surface area contributed by atoms with Gasteiger partial charge in [-0.1, -0.05) is 12.1 Å².